The fourth-order valence-corrected chi connectivity index (χ4v) is 2.81. The van der Waals surface area contributed by atoms with Gasteiger partial charge in [0.15, 0.2) is 0 Å². The molecule has 0 radical (unpaired) electrons. The maximum atomic E-state index is 3.69. The molecule has 1 atom stereocenters. The van der Waals surface area contributed by atoms with Crippen LogP contribution in [0.2, 0.25) is 0 Å². The molecule has 0 bridgehead atoms. The lowest BCUT2D eigenvalue weighted by Gasteiger charge is -2.21. The van der Waals surface area contributed by atoms with Gasteiger partial charge in [-0.2, -0.15) is 0 Å². The fourth-order valence-electron chi connectivity index (χ4n) is 2.25. The van der Waals surface area contributed by atoms with Crippen LogP contribution in [0.4, 0.5) is 5.69 Å². The third-order valence-corrected chi connectivity index (χ3v) is 4.01. The number of nitrogens with one attached hydrogen (secondary N) is 1. The summed E-state index contributed by atoms with van der Waals surface area (Å²) in [5.74, 6) is 0. The van der Waals surface area contributed by atoms with Crippen molar-refractivity contribution in [3.8, 4) is 0 Å². The largest absolute Gasteiger partial charge is 0.377 e. The first-order chi connectivity index (χ1) is 9.35. The molecule has 1 N–H and O–H groups in total. The number of benzene rings is 2. The molecule has 0 fully saturated rings. The van der Waals surface area contributed by atoms with Gasteiger partial charge in [0.05, 0.1) is 6.04 Å². The molecule has 100 valence electrons. The van der Waals surface area contributed by atoms with Gasteiger partial charge >= 0.3 is 0 Å². The van der Waals surface area contributed by atoms with Gasteiger partial charge in [-0.05, 0) is 30.4 Å². The molecule has 2 aromatic carbocycles. The molecule has 2 rings (SSSR count). The van der Waals surface area contributed by atoms with Gasteiger partial charge in [-0.1, -0.05) is 55.8 Å². The monoisotopic (exact) mass is 271 g/mol. The van der Waals surface area contributed by atoms with Crippen LogP contribution in [-0.2, 0) is 0 Å². The second-order valence-electron chi connectivity index (χ2n) is 4.60. The Hall–Kier alpha value is -1.41. The van der Waals surface area contributed by atoms with Crippen LogP contribution in [0.15, 0.2) is 59.5 Å². The minimum absolute atomic E-state index is 0.388. The molecular formula is C17H21NS. The molecule has 0 aliphatic carbocycles. The first-order valence-corrected chi connectivity index (χ1v) is 8.02. The Morgan fingerprint density at radius 3 is 2.37 bits per heavy atom. The number of anilines is 1. The SMILES string of the molecule is CCCC(Nc1ccccc1SC)c1ccccc1. The number of para-hydroxylation sites is 1. The van der Waals surface area contributed by atoms with Crippen molar-refractivity contribution < 1.29 is 0 Å². The zero-order chi connectivity index (χ0) is 13.5. The third kappa shape index (κ3) is 3.77. The average Bonchev–Trinajstić information content (AvgIpc) is 2.48. The van der Waals surface area contributed by atoms with Gasteiger partial charge in [-0.15, -0.1) is 11.8 Å². The van der Waals surface area contributed by atoms with Gasteiger partial charge in [0.1, 0.15) is 0 Å². The number of rotatable bonds is 6. The molecule has 2 heteroatoms. The summed E-state index contributed by atoms with van der Waals surface area (Å²) >= 11 is 1.79. The number of hydrogen-bond donors (Lipinski definition) is 1. The van der Waals surface area contributed by atoms with Crippen molar-refractivity contribution in [2.75, 3.05) is 11.6 Å². The molecule has 0 saturated heterocycles. The maximum absolute atomic E-state index is 3.69. The Morgan fingerprint density at radius 1 is 1.00 bits per heavy atom. The predicted octanol–water partition coefficient (Wildman–Crippen LogP) is 5.36. The Bertz CT molecular complexity index is 496. The highest BCUT2D eigenvalue weighted by molar-refractivity contribution is 7.98. The van der Waals surface area contributed by atoms with Crippen molar-refractivity contribution in [1.29, 1.82) is 0 Å². The molecule has 1 unspecified atom stereocenters. The summed E-state index contributed by atoms with van der Waals surface area (Å²) in [4.78, 5) is 1.31. The second-order valence-corrected chi connectivity index (χ2v) is 5.44. The third-order valence-electron chi connectivity index (χ3n) is 3.22. The molecule has 2 aromatic rings. The van der Waals surface area contributed by atoms with E-state index in [0.717, 1.165) is 6.42 Å². The summed E-state index contributed by atoms with van der Waals surface area (Å²) in [7, 11) is 0. The zero-order valence-electron chi connectivity index (χ0n) is 11.6. The first-order valence-electron chi connectivity index (χ1n) is 6.79. The van der Waals surface area contributed by atoms with Crippen molar-refractivity contribution in [2.24, 2.45) is 0 Å². The van der Waals surface area contributed by atoms with E-state index >= 15 is 0 Å². The van der Waals surface area contributed by atoms with Crippen molar-refractivity contribution >= 4 is 17.4 Å². The summed E-state index contributed by atoms with van der Waals surface area (Å²) in [6.45, 7) is 2.23. The molecule has 0 aliphatic heterocycles. The van der Waals surface area contributed by atoms with Gasteiger partial charge in [0.2, 0.25) is 0 Å². The predicted molar refractivity (Wildman–Crippen MR) is 85.9 cm³/mol. The molecule has 0 aliphatic rings. The maximum Gasteiger partial charge on any atom is 0.0514 e. The molecule has 1 nitrogen and oxygen atoms in total. The van der Waals surface area contributed by atoms with E-state index in [1.54, 1.807) is 11.8 Å². The lowest BCUT2D eigenvalue weighted by Crippen LogP contribution is -2.11. The molecule has 0 aromatic heterocycles. The van der Waals surface area contributed by atoms with Crippen LogP contribution in [0.1, 0.15) is 31.4 Å². The van der Waals surface area contributed by atoms with E-state index in [0.29, 0.717) is 6.04 Å². The molecule has 0 heterocycles. The van der Waals surface area contributed by atoms with Crippen LogP contribution in [0.5, 0.6) is 0 Å². The molecule has 0 spiro atoms. The average molecular weight is 271 g/mol. The summed E-state index contributed by atoms with van der Waals surface area (Å²) in [5, 5.41) is 3.69. The minimum Gasteiger partial charge on any atom is -0.377 e. The zero-order valence-corrected chi connectivity index (χ0v) is 12.4. The van der Waals surface area contributed by atoms with E-state index in [9.17, 15) is 0 Å². The fraction of sp³-hybridized carbons (Fsp3) is 0.294. The van der Waals surface area contributed by atoms with Gasteiger partial charge in [0.25, 0.3) is 0 Å². The Balaban J connectivity index is 2.21. The quantitative estimate of drug-likeness (QED) is 0.710. The van der Waals surface area contributed by atoms with E-state index in [1.165, 1.54) is 22.6 Å². The van der Waals surface area contributed by atoms with E-state index in [-0.39, 0.29) is 0 Å². The van der Waals surface area contributed by atoms with Crippen LogP contribution >= 0.6 is 11.8 Å². The van der Waals surface area contributed by atoms with Crippen molar-refractivity contribution in [3.63, 3.8) is 0 Å². The lowest BCUT2D eigenvalue weighted by molar-refractivity contribution is 0.676. The van der Waals surface area contributed by atoms with Crippen molar-refractivity contribution in [1.82, 2.24) is 0 Å². The van der Waals surface area contributed by atoms with Crippen LogP contribution in [0.3, 0.4) is 0 Å². The highest BCUT2D eigenvalue weighted by atomic mass is 32.2. The summed E-state index contributed by atoms with van der Waals surface area (Å²) in [6, 6.07) is 19.6. The minimum atomic E-state index is 0.388. The van der Waals surface area contributed by atoms with Crippen molar-refractivity contribution in [3.05, 3.63) is 60.2 Å². The standard InChI is InChI=1S/C17H21NS/c1-3-9-15(14-10-5-4-6-11-14)18-16-12-7-8-13-17(16)19-2/h4-8,10-13,15,18H,3,9H2,1-2H3. The van der Waals surface area contributed by atoms with Crippen LogP contribution < -0.4 is 5.32 Å². The molecule has 0 saturated carbocycles. The molecule has 0 amide bonds. The second kappa shape index (κ2) is 7.25. The Morgan fingerprint density at radius 2 is 1.68 bits per heavy atom. The normalized spacial score (nSPS) is 12.1. The summed E-state index contributed by atoms with van der Waals surface area (Å²) in [5.41, 5.74) is 2.59. The lowest BCUT2D eigenvalue weighted by atomic mass is 10.0. The highest BCUT2D eigenvalue weighted by Crippen LogP contribution is 2.30. The Labute approximate surface area is 120 Å². The van der Waals surface area contributed by atoms with E-state index in [2.05, 4.69) is 73.1 Å². The summed E-state index contributed by atoms with van der Waals surface area (Å²) in [6.07, 6.45) is 4.44. The topological polar surface area (TPSA) is 12.0 Å². The first kappa shape index (κ1) is 14.0. The highest BCUT2D eigenvalue weighted by Gasteiger charge is 2.11. The van der Waals surface area contributed by atoms with Gasteiger partial charge in [0, 0.05) is 10.6 Å². The smallest absolute Gasteiger partial charge is 0.0514 e. The van der Waals surface area contributed by atoms with Gasteiger partial charge in [-0.3, -0.25) is 0 Å². The molecular weight excluding hydrogens is 250 g/mol. The van der Waals surface area contributed by atoms with Crippen LogP contribution in [0.25, 0.3) is 0 Å². The van der Waals surface area contributed by atoms with Crippen molar-refractivity contribution in [2.45, 2.75) is 30.7 Å². The number of hydrogen-bond acceptors (Lipinski definition) is 2. The van der Waals surface area contributed by atoms with Gasteiger partial charge < -0.3 is 5.32 Å². The van der Waals surface area contributed by atoms with E-state index < -0.39 is 0 Å². The summed E-state index contributed by atoms with van der Waals surface area (Å²) < 4.78 is 0. The number of thioether (sulfide) groups is 1. The molecule has 19 heavy (non-hydrogen) atoms. The van der Waals surface area contributed by atoms with E-state index in [1.807, 2.05) is 0 Å². The Kier molecular flexibility index (Phi) is 5.34. The van der Waals surface area contributed by atoms with Crippen LogP contribution in [-0.4, -0.2) is 6.26 Å². The van der Waals surface area contributed by atoms with E-state index in [4.69, 9.17) is 0 Å². The van der Waals surface area contributed by atoms with Gasteiger partial charge in [-0.25, -0.2) is 0 Å². The van der Waals surface area contributed by atoms with Crippen LogP contribution in [0, 0.1) is 0 Å².